The van der Waals surface area contributed by atoms with Gasteiger partial charge in [0.05, 0.1) is 0 Å². The Labute approximate surface area is 149 Å². The van der Waals surface area contributed by atoms with Gasteiger partial charge in [-0.3, -0.25) is 0 Å². The summed E-state index contributed by atoms with van der Waals surface area (Å²) in [5.74, 6) is 0.222. The lowest BCUT2D eigenvalue weighted by atomic mass is 9.92. The van der Waals surface area contributed by atoms with E-state index in [-0.39, 0.29) is 5.75 Å². The highest BCUT2D eigenvalue weighted by Crippen LogP contribution is 2.52. The maximum absolute atomic E-state index is 11.1. The van der Waals surface area contributed by atoms with Crippen molar-refractivity contribution in [1.82, 2.24) is 0 Å². The van der Waals surface area contributed by atoms with Crippen LogP contribution < -0.4 is 0 Å². The standard InChI is InChI=1S/C20H18O2S2/c1-20(22)14-7-5-4-6-11(14)19-13-9-18(24-3)17(23-2)8-12(13)16(21)10-15(19)20/h4-10,21-22H,1-3H3. The van der Waals surface area contributed by atoms with E-state index in [2.05, 4.69) is 18.4 Å². The Bertz CT molecular complexity index is 977. The number of hydrogen-bond acceptors (Lipinski definition) is 4. The van der Waals surface area contributed by atoms with Crippen molar-refractivity contribution in [3.05, 3.63) is 53.6 Å². The van der Waals surface area contributed by atoms with Crippen LogP contribution in [0.15, 0.2) is 52.3 Å². The Balaban J connectivity index is 2.18. The normalized spacial score (nSPS) is 18.7. The zero-order valence-electron chi connectivity index (χ0n) is 13.8. The highest BCUT2D eigenvalue weighted by atomic mass is 32.2. The minimum Gasteiger partial charge on any atom is -0.507 e. The maximum Gasteiger partial charge on any atom is 0.123 e. The molecule has 0 aromatic heterocycles. The molecule has 0 saturated carbocycles. The summed E-state index contributed by atoms with van der Waals surface area (Å²) in [6.07, 6.45) is 4.11. The van der Waals surface area contributed by atoms with E-state index in [0.29, 0.717) is 0 Å². The second kappa shape index (κ2) is 5.45. The molecule has 1 aliphatic rings. The summed E-state index contributed by atoms with van der Waals surface area (Å²) in [6.45, 7) is 1.80. The Morgan fingerprint density at radius 3 is 2.17 bits per heavy atom. The van der Waals surface area contributed by atoms with E-state index in [1.165, 1.54) is 4.90 Å². The van der Waals surface area contributed by atoms with Crippen molar-refractivity contribution < 1.29 is 10.2 Å². The van der Waals surface area contributed by atoms with Crippen LogP contribution in [0.2, 0.25) is 0 Å². The highest BCUT2D eigenvalue weighted by molar-refractivity contribution is 8.01. The first-order valence-electron chi connectivity index (χ1n) is 7.73. The van der Waals surface area contributed by atoms with Crippen molar-refractivity contribution in [2.24, 2.45) is 0 Å². The van der Waals surface area contributed by atoms with E-state index in [4.69, 9.17) is 0 Å². The van der Waals surface area contributed by atoms with Crippen molar-refractivity contribution in [2.45, 2.75) is 22.3 Å². The van der Waals surface area contributed by atoms with Gasteiger partial charge in [-0.25, -0.2) is 0 Å². The van der Waals surface area contributed by atoms with E-state index < -0.39 is 5.60 Å². The molecule has 0 heterocycles. The number of aromatic hydroxyl groups is 1. The number of aliphatic hydroxyl groups is 1. The average molecular weight is 354 g/mol. The molecule has 1 atom stereocenters. The topological polar surface area (TPSA) is 40.5 Å². The van der Waals surface area contributed by atoms with Crippen molar-refractivity contribution in [2.75, 3.05) is 12.5 Å². The number of hydrogen-bond donors (Lipinski definition) is 2. The summed E-state index contributed by atoms with van der Waals surface area (Å²) in [7, 11) is 0. The van der Waals surface area contributed by atoms with Gasteiger partial charge in [0.1, 0.15) is 11.4 Å². The average Bonchev–Trinajstić information content (AvgIpc) is 2.82. The quantitative estimate of drug-likeness (QED) is 0.619. The predicted octanol–water partition coefficient (Wildman–Crippen LogP) is 5.23. The molecule has 0 radical (unpaired) electrons. The van der Waals surface area contributed by atoms with Crippen LogP contribution in [-0.4, -0.2) is 22.7 Å². The summed E-state index contributed by atoms with van der Waals surface area (Å²) in [4.78, 5) is 2.34. The summed E-state index contributed by atoms with van der Waals surface area (Å²) in [6, 6.07) is 13.9. The molecule has 24 heavy (non-hydrogen) atoms. The molecular weight excluding hydrogens is 336 g/mol. The molecular formula is C20H18O2S2. The van der Waals surface area contributed by atoms with Crippen LogP contribution >= 0.6 is 23.5 Å². The van der Waals surface area contributed by atoms with Gasteiger partial charge in [-0.1, -0.05) is 24.3 Å². The van der Waals surface area contributed by atoms with Gasteiger partial charge in [-0.15, -0.1) is 23.5 Å². The largest absolute Gasteiger partial charge is 0.507 e. The smallest absolute Gasteiger partial charge is 0.123 e. The molecule has 2 N–H and O–H groups in total. The Kier molecular flexibility index (Phi) is 3.60. The Morgan fingerprint density at radius 2 is 1.50 bits per heavy atom. The molecule has 3 aromatic rings. The Morgan fingerprint density at radius 1 is 0.875 bits per heavy atom. The van der Waals surface area contributed by atoms with Gasteiger partial charge in [-0.2, -0.15) is 0 Å². The van der Waals surface area contributed by atoms with Gasteiger partial charge >= 0.3 is 0 Å². The highest BCUT2D eigenvalue weighted by Gasteiger charge is 2.39. The molecule has 1 aliphatic carbocycles. The van der Waals surface area contributed by atoms with Gasteiger partial charge in [0.25, 0.3) is 0 Å². The van der Waals surface area contributed by atoms with Gasteiger partial charge in [0.15, 0.2) is 0 Å². The lowest BCUT2D eigenvalue weighted by Gasteiger charge is -2.20. The van der Waals surface area contributed by atoms with Crippen LogP contribution in [0.3, 0.4) is 0 Å². The summed E-state index contributed by atoms with van der Waals surface area (Å²) < 4.78 is 0. The molecule has 1 unspecified atom stereocenters. The summed E-state index contributed by atoms with van der Waals surface area (Å²) >= 11 is 3.38. The van der Waals surface area contributed by atoms with Gasteiger partial charge in [0, 0.05) is 15.2 Å². The first-order valence-corrected chi connectivity index (χ1v) is 10.2. The zero-order valence-corrected chi connectivity index (χ0v) is 15.4. The van der Waals surface area contributed by atoms with Gasteiger partial charge < -0.3 is 10.2 Å². The summed E-state index contributed by atoms with van der Waals surface area (Å²) in [5, 5.41) is 23.5. The van der Waals surface area contributed by atoms with Crippen LogP contribution in [0.25, 0.3) is 21.9 Å². The van der Waals surface area contributed by atoms with E-state index in [0.717, 1.165) is 37.9 Å². The number of rotatable bonds is 2. The third-order valence-electron chi connectivity index (χ3n) is 4.86. The lowest BCUT2D eigenvalue weighted by molar-refractivity contribution is 0.107. The molecule has 0 saturated heterocycles. The number of thioether (sulfide) groups is 2. The molecule has 3 aromatic carbocycles. The fraction of sp³-hybridized carbons (Fsp3) is 0.200. The van der Waals surface area contributed by atoms with E-state index >= 15 is 0 Å². The second-order valence-corrected chi connectivity index (χ2v) is 7.88. The predicted molar refractivity (Wildman–Crippen MR) is 103 cm³/mol. The van der Waals surface area contributed by atoms with Crippen molar-refractivity contribution in [1.29, 1.82) is 0 Å². The molecule has 2 nitrogen and oxygen atoms in total. The minimum atomic E-state index is -1.09. The first kappa shape index (κ1) is 15.9. The third-order valence-corrected chi connectivity index (χ3v) is 6.55. The number of fused-ring (bicyclic) bond motifs is 5. The molecule has 0 amide bonds. The molecule has 0 bridgehead atoms. The van der Waals surface area contributed by atoms with E-state index in [1.807, 2.05) is 30.5 Å². The van der Waals surface area contributed by atoms with Crippen LogP contribution in [0, 0.1) is 0 Å². The SMILES string of the molecule is CSc1cc2c(O)cc3c(c2cc1SC)-c1ccccc1C3(C)O. The van der Waals surface area contributed by atoms with Gasteiger partial charge in [-0.05, 0) is 65.3 Å². The fourth-order valence-electron chi connectivity index (χ4n) is 3.67. The zero-order chi connectivity index (χ0) is 17.1. The fourth-order valence-corrected chi connectivity index (χ4v) is 5.17. The minimum absolute atomic E-state index is 0.222. The number of phenols is 1. The van der Waals surface area contributed by atoms with E-state index in [1.54, 1.807) is 36.5 Å². The molecule has 0 spiro atoms. The van der Waals surface area contributed by atoms with Crippen LogP contribution in [0.1, 0.15) is 18.1 Å². The van der Waals surface area contributed by atoms with Crippen molar-refractivity contribution in [3.8, 4) is 16.9 Å². The van der Waals surface area contributed by atoms with E-state index in [9.17, 15) is 10.2 Å². The van der Waals surface area contributed by atoms with Crippen LogP contribution in [-0.2, 0) is 5.60 Å². The van der Waals surface area contributed by atoms with Crippen molar-refractivity contribution >= 4 is 34.3 Å². The lowest BCUT2D eigenvalue weighted by Crippen LogP contribution is -2.19. The van der Waals surface area contributed by atoms with Crippen LogP contribution in [0.5, 0.6) is 5.75 Å². The van der Waals surface area contributed by atoms with Crippen molar-refractivity contribution in [3.63, 3.8) is 0 Å². The molecule has 0 fully saturated rings. The number of benzene rings is 3. The Hall–Kier alpha value is -1.62. The van der Waals surface area contributed by atoms with Crippen LogP contribution in [0.4, 0.5) is 0 Å². The maximum atomic E-state index is 11.1. The summed E-state index contributed by atoms with van der Waals surface area (Å²) in [5.41, 5.74) is 2.66. The van der Waals surface area contributed by atoms with Gasteiger partial charge in [0.2, 0.25) is 0 Å². The molecule has 122 valence electrons. The molecule has 0 aliphatic heterocycles. The third kappa shape index (κ3) is 2.03. The number of phenolic OH excluding ortho intramolecular Hbond substituents is 1. The second-order valence-electron chi connectivity index (χ2n) is 6.19. The monoisotopic (exact) mass is 354 g/mol. The molecule has 4 rings (SSSR count). The molecule has 4 heteroatoms. The first-order chi connectivity index (χ1) is 11.5.